The van der Waals surface area contributed by atoms with E-state index in [2.05, 4.69) is 5.32 Å². The van der Waals surface area contributed by atoms with E-state index in [4.69, 9.17) is 11.6 Å². The van der Waals surface area contributed by atoms with E-state index in [1.54, 1.807) is 6.07 Å². The fraction of sp³-hybridized carbons (Fsp3) is 0.400. The number of halogens is 2. The Hall–Kier alpha value is -0.600. The van der Waals surface area contributed by atoms with Crippen LogP contribution in [0.1, 0.15) is 24.1 Å². The summed E-state index contributed by atoms with van der Waals surface area (Å²) in [5.41, 5.74) is 1.81. The van der Waals surface area contributed by atoms with Crippen molar-refractivity contribution in [2.75, 3.05) is 6.54 Å². The highest BCUT2D eigenvalue weighted by molar-refractivity contribution is 6.30. The van der Waals surface area contributed by atoms with Crippen molar-refractivity contribution >= 4 is 11.6 Å². The van der Waals surface area contributed by atoms with Crippen molar-refractivity contribution in [1.29, 1.82) is 0 Å². The van der Waals surface area contributed by atoms with Crippen molar-refractivity contribution in [2.24, 2.45) is 0 Å². The fourth-order valence-electron chi connectivity index (χ4n) is 1.79. The Kier molecular flexibility index (Phi) is 2.26. The SMILES string of the molecule is CC1NCCc2c1ccc(Cl)c2F. The molecular weight excluding hydrogens is 189 g/mol. The Bertz CT molecular complexity index is 338. The minimum absolute atomic E-state index is 0.229. The molecular formula is C10H11ClFN. The molecule has 2 rings (SSSR count). The van der Waals surface area contributed by atoms with Gasteiger partial charge in [0.05, 0.1) is 5.02 Å². The van der Waals surface area contributed by atoms with Crippen LogP contribution in [0.5, 0.6) is 0 Å². The monoisotopic (exact) mass is 199 g/mol. The molecule has 1 atom stereocenters. The van der Waals surface area contributed by atoms with Crippen molar-refractivity contribution in [3.05, 3.63) is 34.1 Å². The molecule has 1 N–H and O–H groups in total. The predicted molar refractivity (Wildman–Crippen MR) is 51.5 cm³/mol. The Morgan fingerprint density at radius 1 is 1.54 bits per heavy atom. The van der Waals surface area contributed by atoms with Crippen molar-refractivity contribution in [1.82, 2.24) is 5.32 Å². The predicted octanol–water partition coefficient (Wildman–Crippen LogP) is 2.69. The molecule has 0 amide bonds. The van der Waals surface area contributed by atoms with Crippen molar-refractivity contribution in [2.45, 2.75) is 19.4 Å². The first-order valence-corrected chi connectivity index (χ1v) is 4.78. The molecule has 0 saturated heterocycles. The molecule has 0 radical (unpaired) electrons. The first-order chi connectivity index (χ1) is 6.20. The van der Waals surface area contributed by atoms with Crippen LogP contribution in [0.4, 0.5) is 4.39 Å². The minimum Gasteiger partial charge on any atom is -0.310 e. The second-order valence-corrected chi connectivity index (χ2v) is 3.76. The lowest BCUT2D eigenvalue weighted by molar-refractivity contribution is 0.513. The van der Waals surface area contributed by atoms with Gasteiger partial charge in [-0.1, -0.05) is 17.7 Å². The standard InChI is InChI=1S/C10H11ClFN/c1-6-7-2-3-9(11)10(12)8(7)4-5-13-6/h2-3,6,13H,4-5H2,1H3. The fourth-order valence-corrected chi connectivity index (χ4v) is 1.97. The van der Waals surface area contributed by atoms with Crippen molar-refractivity contribution < 1.29 is 4.39 Å². The van der Waals surface area contributed by atoms with E-state index in [-0.39, 0.29) is 16.9 Å². The molecule has 0 aliphatic carbocycles. The molecule has 0 bridgehead atoms. The zero-order chi connectivity index (χ0) is 9.42. The third kappa shape index (κ3) is 1.45. The number of rotatable bonds is 0. The summed E-state index contributed by atoms with van der Waals surface area (Å²) in [5.74, 6) is -0.243. The maximum absolute atomic E-state index is 13.5. The smallest absolute Gasteiger partial charge is 0.145 e. The maximum atomic E-state index is 13.5. The molecule has 1 aliphatic rings. The zero-order valence-electron chi connectivity index (χ0n) is 7.40. The van der Waals surface area contributed by atoms with E-state index >= 15 is 0 Å². The second-order valence-electron chi connectivity index (χ2n) is 3.35. The molecule has 1 heterocycles. The first-order valence-electron chi connectivity index (χ1n) is 4.40. The van der Waals surface area contributed by atoms with Crippen LogP contribution >= 0.6 is 11.6 Å². The average molecular weight is 200 g/mol. The molecule has 0 spiro atoms. The van der Waals surface area contributed by atoms with Gasteiger partial charge in [-0.15, -0.1) is 0 Å². The van der Waals surface area contributed by atoms with Crippen molar-refractivity contribution in [3.63, 3.8) is 0 Å². The van der Waals surface area contributed by atoms with Crippen LogP contribution in [0.3, 0.4) is 0 Å². The zero-order valence-corrected chi connectivity index (χ0v) is 8.16. The summed E-state index contributed by atoms with van der Waals surface area (Å²) in [7, 11) is 0. The lowest BCUT2D eigenvalue weighted by atomic mass is 9.95. The van der Waals surface area contributed by atoms with Crippen LogP contribution < -0.4 is 5.32 Å². The van der Waals surface area contributed by atoms with Gasteiger partial charge in [0.1, 0.15) is 5.82 Å². The van der Waals surface area contributed by atoms with Crippen LogP contribution in [0, 0.1) is 5.82 Å². The van der Waals surface area contributed by atoms with Gasteiger partial charge in [0, 0.05) is 6.04 Å². The quantitative estimate of drug-likeness (QED) is 0.678. The van der Waals surface area contributed by atoms with E-state index < -0.39 is 0 Å². The van der Waals surface area contributed by atoms with Gasteiger partial charge < -0.3 is 5.32 Å². The Morgan fingerprint density at radius 2 is 2.31 bits per heavy atom. The summed E-state index contributed by atoms with van der Waals surface area (Å²) in [4.78, 5) is 0. The number of hydrogen-bond acceptors (Lipinski definition) is 1. The summed E-state index contributed by atoms with van der Waals surface area (Å²) < 4.78 is 13.5. The van der Waals surface area contributed by atoms with Gasteiger partial charge >= 0.3 is 0 Å². The highest BCUT2D eigenvalue weighted by Crippen LogP contribution is 2.28. The molecule has 0 fully saturated rings. The van der Waals surface area contributed by atoms with E-state index in [1.165, 1.54) is 0 Å². The van der Waals surface area contributed by atoms with Gasteiger partial charge in [-0.05, 0) is 37.1 Å². The summed E-state index contributed by atoms with van der Waals surface area (Å²) in [5, 5.41) is 3.50. The molecule has 1 unspecified atom stereocenters. The highest BCUT2D eigenvalue weighted by atomic mass is 35.5. The Morgan fingerprint density at radius 3 is 3.08 bits per heavy atom. The lowest BCUT2D eigenvalue weighted by Gasteiger charge is -2.24. The molecule has 1 aliphatic heterocycles. The summed E-state index contributed by atoms with van der Waals surface area (Å²) in [6.07, 6.45) is 0.728. The summed E-state index contributed by atoms with van der Waals surface area (Å²) in [6.45, 7) is 2.86. The van der Waals surface area contributed by atoms with Gasteiger partial charge in [-0.3, -0.25) is 0 Å². The third-order valence-corrected chi connectivity index (χ3v) is 2.82. The second kappa shape index (κ2) is 3.28. The highest BCUT2D eigenvalue weighted by Gasteiger charge is 2.19. The molecule has 70 valence electrons. The van der Waals surface area contributed by atoms with Crippen LogP contribution in [0.2, 0.25) is 5.02 Å². The number of nitrogens with one attached hydrogen (secondary N) is 1. The molecule has 1 aromatic rings. The van der Waals surface area contributed by atoms with Gasteiger partial charge in [0.15, 0.2) is 0 Å². The number of hydrogen-bond donors (Lipinski definition) is 1. The molecule has 1 nitrogen and oxygen atoms in total. The van der Waals surface area contributed by atoms with E-state index in [9.17, 15) is 4.39 Å². The number of benzene rings is 1. The minimum atomic E-state index is -0.243. The summed E-state index contributed by atoms with van der Waals surface area (Å²) >= 11 is 5.70. The average Bonchev–Trinajstić information content (AvgIpc) is 2.12. The van der Waals surface area contributed by atoms with E-state index in [0.717, 1.165) is 24.1 Å². The van der Waals surface area contributed by atoms with E-state index in [0.29, 0.717) is 0 Å². The lowest BCUT2D eigenvalue weighted by Crippen LogP contribution is -2.28. The van der Waals surface area contributed by atoms with Crippen LogP contribution in [-0.2, 0) is 6.42 Å². The van der Waals surface area contributed by atoms with Gasteiger partial charge in [-0.25, -0.2) is 4.39 Å². The first kappa shape index (κ1) is 8.97. The summed E-state index contributed by atoms with van der Waals surface area (Å²) in [6, 6.07) is 3.76. The largest absolute Gasteiger partial charge is 0.310 e. The Labute approximate surface area is 81.9 Å². The third-order valence-electron chi connectivity index (χ3n) is 2.52. The normalized spacial score (nSPS) is 21.3. The van der Waals surface area contributed by atoms with Crippen molar-refractivity contribution in [3.8, 4) is 0 Å². The van der Waals surface area contributed by atoms with Crippen LogP contribution in [0.15, 0.2) is 12.1 Å². The molecule has 0 saturated carbocycles. The molecule has 1 aromatic carbocycles. The van der Waals surface area contributed by atoms with Crippen LogP contribution in [0.25, 0.3) is 0 Å². The van der Waals surface area contributed by atoms with E-state index in [1.807, 2.05) is 13.0 Å². The topological polar surface area (TPSA) is 12.0 Å². The molecule has 0 aromatic heterocycles. The van der Waals surface area contributed by atoms with Gasteiger partial charge in [0.25, 0.3) is 0 Å². The van der Waals surface area contributed by atoms with Gasteiger partial charge in [-0.2, -0.15) is 0 Å². The van der Waals surface area contributed by atoms with Crippen LogP contribution in [-0.4, -0.2) is 6.54 Å². The number of fused-ring (bicyclic) bond motifs is 1. The maximum Gasteiger partial charge on any atom is 0.145 e. The molecule has 13 heavy (non-hydrogen) atoms. The van der Waals surface area contributed by atoms with Gasteiger partial charge in [0.2, 0.25) is 0 Å². The molecule has 3 heteroatoms. The Balaban J connectivity index is 2.56.